The number of hydrogen-bond acceptors (Lipinski definition) is 2. The smallest absolute Gasteiger partial charge is 0.226 e. The summed E-state index contributed by atoms with van der Waals surface area (Å²) in [6.45, 7) is 4.46. The first-order valence-corrected chi connectivity index (χ1v) is 7.55. The van der Waals surface area contributed by atoms with E-state index in [0.717, 1.165) is 23.4 Å². The van der Waals surface area contributed by atoms with Gasteiger partial charge in [0.25, 0.3) is 0 Å². The van der Waals surface area contributed by atoms with E-state index in [0.29, 0.717) is 18.2 Å². The number of rotatable bonds is 6. The van der Waals surface area contributed by atoms with Gasteiger partial charge in [0.1, 0.15) is 0 Å². The van der Waals surface area contributed by atoms with Crippen LogP contribution in [-0.4, -0.2) is 12.5 Å². The Bertz CT molecular complexity index is 686. The molecule has 0 radical (unpaired) electrons. The van der Waals surface area contributed by atoms with E-state index in [1.807, 2.05) is 24.3 Å². The summed E-state index contributed by atoms with van der Waals surface area (Å²) in [6, 6.07) is 11.2. The van der Waals surface area contributed by atoms with E-state index >= 15 is 0 Å². The number of hydrogen-bond donors (Lipinski definition) is 2. The fraction of sp³-hybridized carbons (Fsp3) is 0.278. The molecule has 0 aromatic heterocycles. The minimum Gasteiger partial charge on any atom is -0.384 e. The van der Waals surface area contributed by atoms with Crippen LogP contribution in [0.5, 0.6) is 0 Å². The number of carbonyl (C=O) groups is 1. The molecule has 0 aliphatic rings. The summed E-state index contributed by atoms with van der Waals surface area (Å²) >= 11 is 0. The third kappa shape index (κ3) is 4.77. The lowest BCUT2D eigenvalue weighted by Crippen LogP contribution is -2.17. The predicted octanol–water partition coefficient (Wildman–Crippen LogP) is 4.53. The molecule has 2 aromatic carbocycles. The fourth-order valence-corrected chi connectivity index (χ4v) is 2.25. The molecule has 0 spiro atoms. The molecular formula is C18H20F2N2O. The largest absolute Gasteiger partial charge is 0.384 e. The van der Waals surface area contributed by atoms with Crippen molar-refractivity contribution in [3.8, 4) is 0 Å². The zero-order valence-corrected chi connectivity index (χ0v) is 13.2. The fourth-order valence-electron chi connectivity index (χ4n) is 2.25. The number of carbonyl (C=O) groups excluding carboxylic acids is 1. The van der Waals surface area contributed by atoms with Crippen LogP contribution in [0.4, 0.5) is 20.2 Å². The second kappa shape index (κ2) is 7.72. The molecule has 122 valence electrons. The molecule has 3 nitrogen and oxygen atoms in total. The highest BCUT2D eigenvalue weighted by Crippen LogP contribution is 2.23. The molecule has 2 rings (SSSR count). The normalized spacial score (nSPS) is 10.7. The van der Waals surface area contributed by atoms with E-state index in [4.69, 9.17) is 0 Å². The van der Waals surface area contributed by atoms with Gasteiger partial charge in [-0.1, -0.05) is 32.0 Å². The zero-order chi connectivity index (χ0) is 16.8. The van der Waals surface area contributed by atoms with Crippen molar-refractivity contribution < 1.29 is 13.6 Å². The minimum atomic E-state index is -0.912. The third-order valence-corrected chi connectivity index (χ3v) is 3.46. The van der Waals surface area contributed by atoms with Crippen molar-refractivity contribution in [3.05, 3.63) is 59.7 Å². The summed E-state index contributed by atoms with van der Waals surface area (Å²) in [6.07, 6.45) is 0.228. The van der Waals surface area contributed by atoms with E-state index in [-0.39, 0.29) is 12.3 Å². The van der Waals surface area contributed by atoms with Crippen molar-refractivity contribution in [2.24, 2.45) is 0 Å². The number of benzene rings is 2. The van der Waals surface area contributed by atoms with Crippen LogP contribution < -0.4 is 10.6 Å². The van der Waals surface area contributed by atoms with Crippen LogP contribution in [0.3, 0.4) is 0 Å². The second-order valence-corrected chi connectivity index (χ2v) is 5.60. The predicted molar refractivity (Wildman–Crippen MR) is 88.6 cm³/mol. The molecule has 0 atom stereocenters. The molecule has 0 aliphatic carbocycles. The molecule has 0 aliphatic heterocycles. The summed E-state index contributed by atoms with van der Waals surface area (Å²) in [4.78, 5) is 12.0. The number of halogens is 2. The van der Waals surface area contributed by atoms with Gasteiger partial charge in [0, 0.05) is 24.3 Å². The van der Waals surface area contributed by atoms with Crippen molar-refractivity contribution in [3.63, 3.8) is 0 Å². The number of amides is 1. The first kappa shape index (κ1) is 16.9. The van der Waals surface area contributed by atoms with Crippen LogP contribution in [0, 0.1) is 11.6 Å². The summed E-state index contributed by atoms with van der Waals surface area (Å²) in [5.41, 5.74) is 2.33. The Morgan fingerprint density at radius 2 is 1.83 bits per heavy atom. The van der Waals surface area contributed by atoms with Gasteiger partial charge in [-0.05, 0) is 35.7 Å². The highest BCUT2D eigenvalue weighted by Gasteiger charge is 2.09. The van der Waals surface area contributed by atoms with Crippen LogP contribution in [-0.2, 0) is 4.79 Å². The Morgan fingerprint density at radius 1 is 1.09 bits per heavy atom. The maximum absolute atomic E-state index is 13.1. The second-order valence-electron chi connectivity index (χ2n) is 5.60. The van der Waals surface area contributed by atoms with Crippen LogP contribution >= 0.6 is 0 Å². The molecule has 0 saturated heterocycles. The number of nitrogens with one attached hydrogen (secondary N) is 2. The van der Waals surface area contributed by atoms with E-state index < -0.39 is 11.6 Å². The first-order chi connectivity index (χ1) is 11.0. The van der Waals surface area contributed by atoms with E-state index in [9.17, 15) is 13.6 Å². The number of anilines is 2. The molecular weight excluding hydrogens is 298 g/mol. The first-order valence-electron chi connectivity index (χ1n) is 7.55. The molecule has 0 unspecified atom stereocenters. The maximum Gasteiger partial charge on any atom is 0.226 e. The van der Waals surface area contributed by atoms with Crippen LogP contribution in [0.2, 0.25) is 0 Å². The van der Waals surface area contributed by atoms with Gasteiger partial charge in [-0.15, -0.1) is 0 Å². The SMILES string of the molecule is CC(C)c1ccccc1NC(=O)CCNc1ccc(F)c(F)c1. The quantitative estimate of drug-likeness (QED) is 0.821. The van der Waals surface area contributed by atoms with Crippen molar-refractivity contribution in [1.29, 1.82) is 0 Å². The number of para-hydroxylation sites is 1. The molecule has 0 saturated carbocycles. The average molecular weight is 318 g/mol. The summed E-state index contributed by atoms with van der Waals surface area (Å²) in [5.74, 6) is -1.62. The summed E-state index contributed by atoms with van der Waals surface area (Å²) in [5, 5.41) is 5.78. The Kier molecular flexibility index (Phi) is 5.68. The average Bonchev–Trinajstić information content (AvgIpc) is 2.51. The molecule has 23 heavy (non-hydrogen) atoms. The van der Waals surface area contributed by atoms with E-state index in [2.05, 4.69) is 24.5 Å². The topological polar surface area (TPSA) is 41.1 Å². The van der Waals surface area contributed by atoms with Gasteiger partial charge in [0.15, 0.2) is 11.6 Å². The summed E-state index contributed by atoms with van der Waals surface area (Å²) < 4.78 is 25.9. The zero-order valence-electron chi connectivity index (χ0n) is 13.2. The Morgan fingerprint density at radius 3 is 2.52 bits per heavy atom. The van der Waals surface area contributed by atoms with Gasteiger partial charge in [-0.2, -0.15) is 0 Å². The van der Waals surface area contributed by atoms with Gasteiger partial charge in [0.05, 0.1) is 0 Å². The molecule has 0 fully saturated rings. The van der Waals surface area contributed by atoms with Crippen molar-refractivity contribution in [1.82, 2.24) is 0 Å². The molecule has 1 amide bonds. The Labute approximate surface area is 134 Å². The molecule has 2 N–H and O–H groups in total. The van der Waals surface area contributed by atoms with Gasteiger partial charge >= 0.3 is 0 Å². The van der Waals surface area contributed by atoms with E-state index in [1.165, 1.54) is 6.07 Å². The van der Waals surface area contributed by atoms with Gasteiger partial charge in [-0.3, -0.25) is 4.79 Å². The monoisotopic (exact) mass is 318 g/mol. The molecule has 0 bridgehead atoms. The Hall–Kier alpha value is -2.43. The third-order valence-electron chi connectivity index (χ3n) is 3.46. The molecule has 5 heteroatoms. The van der Waals surface area contributed by atoms with Crippen LogP contribution in [0.1, 0.15) is 31.7 Å². The van der Waals surface area contributed by atoms with Gasteiger partial charge < -0.3 is 10.6 Å². The van der Waals surface area contributed by atoms with Gasteiger partial charge in [0.2, 0.25) is 5.91 Å². The van der Waals surface area contributed by atoms with Crippen LogP contribution in [0.15, 0.2) is 42.5 Å². The highest BCUT2D eigenvalue weighted by molar-refractivity contribution is 5.91. The highest BCUT2D eigenvalue weighted by atomic mass is 19.2. The lowest BCUT2D eigenvalue weighted by Gasteiger charge is -2.14. The van der Waals surface area contributed by atoms with Crippen LogP contribution in [0.25, 0.3) is 0 Å². The molecule has 0 heterocycles. The van der Waals surface area contributed by atoms with Crippen molar-refractivity contribution in [2.45, 2.75) is 26.2 Å². The van der Waals surface area contributed by atoms with E-state index in [1.54, 1.807) is 0 Å². The maximum atomic E-state index is 13.1. The van der Waals surface area contributed by atoms with Gasteiger partial charge in [-0.25, -0.2) is 8.78 Å². The minimum absolute atomic E-state index is 0.131. The van der Waals surface area contributed by atoms with Crippen molar-refractivity contribution in [2.75, 3.05) is 17.2 Å². The lowest BCUT2D eigenvalue weighted by atomic mass is 10.0. The lowest BCUT2D eigenvalue weighted by molar-refractivity contribution is -0.115. The summed E-state index contributed by atoms with van der Waals surface area (Å²) in [7, 11) is 0. The standard InChI is InChI=1S/C18H20F2N2O/c1-12(2)14-5-3-4-6-17(14)22-18(23)9-10-21-13-7-8-15(19)16(20)11-13/h3-8,11-12,21H,9-10H2,1-2H3,(H,22,23). The Balaban J connectivity index is 1.87. The van der Waals surface area contributed by atoms with Crippen molar-refractivity contribution >= 4 is 17.3 Å². The molecule has 2 aromatic rings.